The standard InChI is InChI=1S/C38H40N2O8/c1-3-11-39-13-9-35-27-19-15-21(29(43)31(27)47-33(35)23(41)5-7-37(35,45)25(39)17-19)22-16-20-18-26-38(46)8-6-24(42)34-36(38,10-14-40(26)12-4-2)28(20)32(48-34)30(22)44/h3-4,15-16,25-26,33-34,43-46H,1-2,5-14,17-18H2/t25-,26-,33-,34-,35+,36+,37-,38-/m1/s1. The highest BCUT2D eigenvalue weighted by Crippen LogP contribution is 2.69. The van der Waals surface area contributed by atoms with Gasteiger partial charge in [-0.15, -0.1) is 13.2 Å². The zero-order valence-corrected chi connectivity index (χ0v) is 26.8. The molecule has 48 heavy (non-hydrogen) atoms. The van der Waals surface area contributed by atoms with Crippen molar-refractivity contribution in [3.05, 3.63) is 59.7 Å². The Hall–Kier alpha value is -3.70. The fourth-order valence-corrected chi connectivity index (χ4v) is 12.2. The molecule has 2 saturated heterocycles. The summed E-state index contributed by atoms with van der Waals surface area (Å²) in [4.78, 5) is 31.4. The fraction of sp³-hybridized carbons (Fsp3) is 0.526. The van der Waals surface area contributed by atoms with Crippen LogP contribution >= 0.6 is 0 Å². The molecule has 2 spiro atoms. The maximum atomic E-state index is 13.5. The van der Waals surface area contributed by atoms with Crippen molar-refractivity contribution in [1.82, 2.24) is 9.80 Å². The van der Waals surface area contributed by atoms with E-state index in [0.717, 1.165) is 11.1 Å². The van der Waals surface area contributed by atoms with Gasteiger partial charge >= 0.3 is 0 Å². The van der Waals surface area contributed by atoms with E-state index in [-0.39, 0.29) is 59.5 Å². The SMILES string of the molecule is C=CCN1CC[C@]23c4c5cc(-c6cc7c8c(c6O)O[C@@H]6C(=O)CC[C@@]9(O)[C@@H](C7)N(CC=C)CC[C@]869)c(O)c4O[C@@H]2C(=O)CC[C@@]3(O)[C@H]1C5. The topological polar surface area (TPSA) is 140 Å². The van der Waals surface area contributed by atoms with Gasteiger partial charge in [-0.25, -0.2) is 0 Å². The van der Waals surface area contributed by atoms with Crippen LogP contribution in [0, 0.1) is 0 Å². The minimum Gasteiger partial charge on any atom is -0.504 e. The van der Waals surface area contributed by atoms with Gasteiger partial charge in [0.05, 0.1) is 22.0 Å². The van der Waals surface area contributed by atoms with E-state index in [0.29, 0.717) is 87.0 Å². The van der Waals surface area contributed by atoms with Gasteiger partial charge in [-0.2, -0.15) is 0 Å². The highest BCUT2D eigenvalue weighted by molar-refractivity contribution is 5.94. The second-order valence-corrected chi connectivity index (χ2v) is 15.5. The fourth-order valence-electron chi connectivity index (χ4n) is 12.2. The number of Topliss-reactive ketones (excluding diaryl/α,β-unsaturated/α-hetero) is 2. The number of phenols is 2. The maximum absolute atomic E-state index is 13.5. The Morgan fingerprint density at radius 1 is 0.729 bits per heavy atom. The zero-order valence-electron chi connectivity index (χ0n) is 26.8. The summed E-state index contributed by atoms with van der Waals surface area (Å²) in [5, 5.41) is 49.1. The molecule has 0 aromatic heterocycles. The lowest BCUT2D eigenvalue weighted by Gasteiger charge is -2.62. The Balaban J connectivity index is 1.19. The number of hydrogen-bond donors (Lipinski definition) is 4. The molecule has 4 heterocycles. The molecule has 10 rings (SSSR count). The van der Waals surface area contributed by atoms with Crippen molar-refractivity contribution in [3.8, 4) is 34.1 Å². The summed E-state index contributed by atoms with van der Waals surface area (Å²) in [5.74, 6) is -0.115. The van der Waals surface area contributed by atoms with Crippen LogP contribution in [0.25, 0.3) is 11.1 Å². The van der Waals surface area contributed by atoms with Gasteiger partial charge in [0.1, 0.15) is 0 Å². The number of likely N-dealkylation sites (tertiary alicyclic amines) is 2. The molecule has 4 bridgehead atoms. The summed E-state index contributed by atoms with van der Waals surface area (Å²) in [6, 6.07) is 3.21. The smallest absolute Gasteiger partial charge is 0.174 e. The normalized spacial score (nSPS) is 39.7. The minimum atomic E-state index is -1.21. The summed E-state index contributed by atoms with van der Waals surface area (Å²) in [7, 11) is 0. The Morgan fingerprint density at radius 2 is 1.15 bits per heavy atom. The van der Waals surface area contributed by atoms with Gasteiger partial charge in [0.2, 0.25) is 0 Å². The molecule has 8 aliphatic rings. The number of carbonyl (C=O) groups is 2. The van der Waals surface area contributed by atoms with Gasteiger partial charge < -0.3 is 29.9 Å². The molecule has 8 atom stereocenters. The molecule has 250 valence electrons. The molecule has 2 aromatic rings. The van der Waals surface area contributed by atoms with Crippen LogP contribution in [-0.2, 0) is 33.3 Å². The van der Waals surface area contributed by atoms with Crippen molar-refractivity contribution in [2.75, 3.05) is 26.2 Å². The summed E-state index contributed by atoms with van der Waals surface area (Å²) < 4.78 is 12.9. The molecule has 2 aromatic carbocycles. The largest absolute Gasteiger partial charge is 0.504 e. The predicted octanol–water partition coefficient (Wildman–Crippen LogP) is 2.58. The predicted molar refractivity (Wildman–Crippen MR) is 174 cm³/mol. The number of hydrogen-bond acceptors (Lipinski definition) is 10. The van der Waals surface area contributed by atoms with Crippen LogP contribution in [0.5, 0.6) is 23.0 Å². The molecule has 10 heteroatoms. The minimum absolute atomic E-state index is 0.0755. The van der Waals surface area contributed by atoms with Crippen LogP contribution in [0.4, 0.5) is 0 Å². The first-order chi connectivity index (χ1) is 23.1. The Bertz CT molecular complexity index is 1770. The molecule has 10 nitrogen and oxygen atoms in total. The number of aliphatic hydroxyl groups is 2. The van der Waals surface area contributed by atoms with E-state index in [1.807, 2.05) is 24.3 Å². The molecular formula is C38H40N2O8. The molecule has 0 amide bonds. The lowest BCUT2D eigenvalue weighted by Crippen LogP contribution is -2.76. The highest BCUT2D eigenvalue weighted by Gasteiger charge is 2.75. The lowest BCUT2D eigenvalue weighted by molar-refractivity contribution is -0.187. The second kappa shape index (κ2) is 9.09. The average Bonchev–Trinajstić information content (AvgIpc) is 3.61. The van der Waals surface area contributed by atoms with E-state index in [9.17, 15) is 30.0 Å². The molecule has 4 fully saturated rings. The van der Waals surface area contributed by atoms with Crippen molar-refractivity contribution in [3.63, 3.8) is 0 Å². The Morgan fingerprint density at radius 3 is 1.54 bits per heavy atom. The van der Waals surface area contributed by atoms with Crippen LogP contribution in [0.3, 0.4) is 0 Å². The number of ether oxygens (including phenoxy) is 2. The van der Waals surface area contributed by atoms with Gasteiger partial charge in [0, 0.05) is 73.4 Å². The van der Waals surface area contributed by atoms with Gasteiger partial charge in [0.25, 0.3) is 0 Å². The first-order valence-electron chi connectivity index (χ1n) is 17.4. The number of nitrogens with zero attached hydrogens (tertiary/aromatic N) is 2. The third kappa shape index (κ3) is 2.95. The van der Waals surface area contributed by atoms with E-state index in [1.165, 1.54) is 0 Å². The third-order valence-electron chi connectivity index (χ3n) is 14.0. The van der Waals surface area contributed by atoms with Crippen molar-refractivity contribution in [2.45, 2.75) is 97.7 Å². The van der Waals surface area contributed by atoms with Crippen LogP contribution in [-0.4, -0.2) is 103 Å². The average molecular weight is 653 g/mol. The molecule has 0 radical (unpaired) electrons. The van der Waals surface area contributed by atoms with Crippen LogP contribution < -0.4 is 9.47 Å². The number of phenolic OH excluding ortho intramolecular Hbond substituents is 2. The number of carbonyl (C=O) groups excluding carboxylic acids is 2. The van der Waals surface area contributed by atoms with E-state index >= 15 is 0 Å². The number of rotatable bonds is 5. The Kier molecular flexibility index (Phi) is 5.54. The number of aromatic hydroxyl groups is 2. The quantitative estimate of drug-likeness (QED) is 0.357. The van der Waals surface area contributed by atoms with Gasteiger partial charge in [-0.3, -0.25) is 19.4 Å². The van der Waals surface area contributed by atoms with Gasteiger partial charge in [-0.1, -0.05) is 12.2 Å². The second-order valence-electron chi connectivity index (χ2n) is 15.5. The summed E-state index contributed by atoms with van der Waals surface area (Å²) in [6.45, 7) is 10.4. The summed E-state index contributed by atoms with van der Waals surface area (Å²) in [5.41, 5.74) is -0.483. The van der Waals surface area contributed by atoms with Crippen LogP contribution in [0.1, 0.15) is 60.8 Å². The monoisotopic (exact) mass is 652 g/mol. The first-order valence-corrected chi connectivity index (χ1v) is 17.4. The maximum Gasteiger partial charge on any atom is 0.174 e. The van der Waals surface area contributed by atoms with E-state index < -0.39 is 34.2 Å². The Labute approximate surface area is 278 Å². The van der Waals surface area contributed by atoms with Gasteiger partial charge in [0.15, 0.2) is 46.8 Å². The van der Waals surface area contributed by atoms with Crippen LogP contribution in [0.15, 0.2) is 37.4 Å². The number of piperidine rings is 2. The van der Waals surface area contributed by atoms with Crippen molar-refractivity contribution in [1.29, 1.82) is 0 Å². The molecule has 4 aliphatic carbocycles. The molecule has 4 aliphatic heterocycles. The lowest BCUT2D eigenvalue weighted by atomic mass is 9.48. The van der Waals surface area contributed by atoms with E-state index in [1.54, 1.807) is 0 Å². The molecule has 2 saturated carbocycles. The van der Waals surface area contributed by atoms with E-state index in [4.69, 9.17) is 9.47 Å². The first kappa shape index (κ1) is 29.2. The number of benzene rings is 2. The molecule has 4 N–H and O–H groups in total. The zero-order chi connectivity index (χ0) is 33.1. The summed E-state index contributed by atoms with van der Waals surface area (Å²) in [6.07, 6.45) is 4.89. The van der Waals surface area contributed by atoms with Crippen molar-refractivity contribution < 1.29 is 39.5 Å². The van der Waals surface area contributed by atoms with Crippen LogP contribution in [0.2, 0.25) is 0 Å². The molecular weight excluding hydrogens is 612 g/mol. The van der Waals surface area contributed by atoms with Crippen molar-refractivity contribution >= 4 is 11.6 Å². The molecule has 0 unspecified atom stereocenters. The number of ketones is 2. The van der Waals surface area contributed by atoms with Gasteiger partial charge in [-0.05, 0) is 61.8 Å². The third-order valence-corrected chi connectivity index (χ3v) is 14.0. The summed E-state index contributed by atoms with van der Waals surface area (Å²) >= 11 is 0. The van der Waals surface area contributed by atoms with Crippen molar-refractivity contribution in [2.24, 2.45) is 0 Å². The highest BCUT2D eigenvalue weighted by atomic mass is 16.5. The van der Waals surface area contributed by atoms with E-state index in [2.05, 4.69) is 23.0 Å².